The average molecular weight is 397 g/mol. The van der Waals surface area contributed by atoms with E-state index in [9.17, 15) is 4.79 Å². The van der Waals surface area contributed by atoms with Gasteiger partial charge >= 0.3 is 0 Å². The maximum absolute atomic E-state index is 10.6. The lowest BCUT2D eigenvalue weighted by molar-refractivity contribution is 0.111. The van der Waals surface area contributed by atoms with Crippen LogP contribution in [0.3, 0.4) is 0 Å². The van der Waals surface area contributed by atoms with E-state index in [4.69, 9.17) is 5.26 Å². The second-order valence-electron chi connectivity index (χ2n) is 7.86. The third kappa shape index (κ3) is 15.5. The number of nitriles is 1. The summed E-state index contributed by atoms with van der Waals surface area (Å²) >= 11 is 0. The number of carbonyl (C=O) groups excluding carboxylic acids is 1. The number of unbranched alkanes of at least 4 members (excludes halogenated alkanes) is 12. The molecular weight excluding hydrogens is 356 g/mol. The van der Waals surface area contributed by atoms with Gasteiger partial charge in [0.15, 0.2) is 6.29 Å². The molecule has 0 unspecified atom stereocenters. The highest BCUT2D eigenvalue weighted by Gasteiger charge is 1.98. The van der Waals surface area contributed by atoms with E-state index in [0.29, 0.717) is 12.1 Å². The third-order valence-corrected chi connectivity index (χ3v) is 5.23. The van der Waals surface area contributed by atoms with Crippen LogP contribution in [0.15, 0.2) is 36.4 Å². The van der Waals surface area contributed by atoms with Gasteiger partial charge in [0.25, 0.3) is 0 Å². The van der Waals surface area contributed by atoms with Crippen LogP contribution >= 0.6 is 0 Å². The van der Waals surface area contributed by atoms with Gasteiger partial charge in [-0.25, -0.2) is 0 Å². The van der Waals surface area contributed by atoms with Crippen molar-refractivity contribution in [2.24, 2.45) is 0 Å². The Labute approximate surface area is 178 Å². The van der Waals surface area contributed by atoms with Crippen LogP contribution in [-0.2, 0) is 6.42 Å². The van der Waals surface area contributed by atoms with Crippen LogP contribution in [0, 0.1) is 11.3 Å². The van der Waals surface area contributed by atoms with E-state index < -0.39 is 0 Å². The van der Waals surface area contributed by atoms with E-state index in [-0.39, 0.29) is 0 Å². The number of aryl methyl sites for hydroxylation is 1. The zero-order valence-electron chi connectivity index (χ0n) is 18.2. The van der Waals surface area contributed by atoms with Crippen molar-refractivity contribution in [3.05, 3.63) is 47.8 Å². The molecule has 29 heavy (non-hydrogen) atoms. The zero-order valence-corrected chi connectivity index (χ0v) is 18.2. The van der Waals surface area contributed by atoms with Gasteiger partial charge in [0.05, 0.1) is 11.8 Å². The van der Waals surface area contributed by atoms with Gasteiger partial charge in [-0.1, -0.05) is 69.2 Å². The second kappa shape index (κ2) is 19.2. The van der Waals surface area contributed by atoms with Crippen molar-refractivity contribution >= 4 is 6.29 Å². The number of nitrogens with one attached hydrogen (secondary N) is 1. The summed E-state index contributed by atoms with van der Waals surface area (Å²) in [5, 5.41) is 8.46. The number of hydrogen-bond donors (Lipinski definition) is 1. The molecule has 1 aromatic heterocycles. The minimum Gasteiger partial charge on any atom is -0.356 e. The molecule has 0 saturated heterocycles. The Kier molecular flexibility index (Phi) is 16.6. The molecule has 0 fully saturated rings. The lowest BCUT2D eigenvalue weighted by Gasteiger charge is -2.02. The molecule has 160 valence electrons. The Balaban J connectivity index is 1.78. The summed E-state index contributed by atoms with van der Waals surface area (Å²) < 4.78 is 0. The number of aromatic amines is 1. The summed E-state index contributed by atoms with van der Waals surface area (Å²) in [7, 11) is 0. The summed E-state index contributed by atoms with van der Waals surface area (Å²) in [5.41, 5.74) is 1.87. The van der Waals surface area contributed by atoms with Crippen molar-refractivity contribution in [3.8, 4) is 6.07 Å². The molecule has 1 N–H and O–H groups in total. The summed E-state index contributed by atoms with van der Waals surface area (Å²) in [6.07, 6.45) is 29.2. The summed E-state index contributed by atoms with van der Waals surface area (Å²) in [5.74, 6) is 0. The van der Waals surface area contributed by atoms with Gasteiger partial charge in [-0.3, -0.25) is 4.79 Å². The second-order valence-corrected chi connectivity index (χ2v) is 7.86. The molecule has 0 aliphatic heterocycles. The predicted molar refractivity (Wildman–Crippen MR) is 123 cm³/mol. The van der Waals surface area contributed by atoms with Crippen molar-refractivity contribution in [2.75, 3.05) is 0 Å². The first-order valence-electron chi connectivity index (χ1n) is 11.7. The molecule has 3 nitrogen and oxygen atoms in total. The number of carbonyl (C=O) groups is 1. The van der Waals surface area contributed by atoms with Crippen LogP contribution in [-0.4, -0.2) is 11.3 Å². The Morgan fingerprint density at radius 3 is 1.93 bits per heavy atom. The molecule has 0 atom stereocenters. The third-order valence-electron chi connectivity index (χ3n) is 5.23. The summed E-state index contributed by atoms with van der Waals surface area (Å²) in [6, 6.07) is 6.07. The number of H-pyrrole nitrogens is 1. The van der Waals surface area contributed by atoms with Gasteiger partial charge < -0.3 is 4.98 Å². The lowest BCUT2D eigenvalue weighted by atomic mass is 10.1. The highest BCUT2D eigenvalue weighted by atomic mass is 16.1. The highest BCUT2D eigenvalue weighted by molar-refractivity contribution is 5.71. The number of aromatic nitrogens is 1. The molecule has 3 heteroatoms. The number of allylic oxidation sites excluding steroid dienone is 4. The van der Waals surface area contributed by atoms with Crippen LogP contribution in [0.1, 0.15) is 112 Å². The molecular formula is C26H40N2O. The Morgan fingerprint density at radius 1 is 0.759 bits per heavy atom. The Bertz CT molecular complexity index is 606. The van der Waals surface area contributed by atoms with Gasteiger partial charge in [-0.2, -0.15) is 5.26 Å². The van der Waals surface area contributed by atoms with Crippen LogP contribution in [0.25, 0.3) is 0 Å². The molecule has 0 spiro atoms. The molecule has 1 heterocycles. The first kappa shape index (κ1) is 25.0. The van der Waals surface area contributed by atoms with Crippen molar-refractivity contribution in [2.45, 2.75) is 103 Å². The van der Waals surface area contributed by atoms with Crippen LogP contribution in [0.2, 0.25) is 0 Å². The Morgan fingerprint density at radius 2 is 1.34 bits per heavy atom. The molecule has 0 amide bonds. The first-order chi connectivity index (χ1) is 14.4. The fraction of sp³-hybridized carbons (Fsp3) is 0.615. The van der Waals surface area contributed by atoms with E-state index in [0.717, 1.165) is 38.4 Å². The van der Waals surface area contributed by atoms with Crippen molar-refractivity contribution in [1.82, 2.24) is 4.98 Å². The van der Waals surface area contributed by atoms with Gasteiger partial charge in [-0.15, -0.1) is 0 Å². The molecule has 0 aromatic carbocycles. The van der Waals surface area contributed by atoms with Gasteiger partial charge in [0, 0.05) is 12.1 Å². The quantitative estimate of drug-likeness (QED) is 0.147. The van der Waals surface area contributed by atoms with Crippen LogP contribution in [0.5, 0.6) is 0 Å². The molecule has 1 rings (SSSR count). The van der Waals surface area contributed by atoms with E-state index in [1.54, 1.807) is 0 Å². The van der Waals surface area contributed by atoms with E-state index in [1.807, 2.05) is 12.1 Å². The van der Waals surface area contributed by atoms with E-state index >= 15 is 0 Å². The molecule has 0 aliphatic rings. The molecule has 0 bridgehead atoms. The molecule has 1 aromatic rings. The summed E-state index contributed by atoms with van der Waals surface area (Å²) in [6.45, 7) is 0. The van der Waals surface area contributed by atoms with Crippen molar-refractivity contribution in [1.29, 1.82) is 5.26 Å². The highest BCUT2D eigenvalue weighted by Crippen LogP contribution is 2.12. The topological polar surface area (TPSA) is 56.6 Å². The normalized spacial score (nSPS) is 11.4. The average Bonchev–Trinajstić information content (AvgIpc) is 3.20. The van der Waals surface area contributed by atoms with Crippen LogP contribution < -0.4 is 0 Å². The molecule has 0 radical (unpaired) electrons. The lowest BCUT2D eigenvalue weighted by Crippen LogP contribution is -1.88. The standard InChI is InChI=1S/C26H40N2O/c27-23-19-17-15-13-11-9-7-5-3-1-2-4-6-8-10-12-14-16-18-20-25-21-22-26(24-29)28-25/h3,5,9,11,21-22,24,28H,1-2,4,6-8,10,12-20H2/b5-3-,11-9-. The minimum atomic E-state index is 0.687. The number of aldehydes is 1. The number of rotatable bonds is 19. The number of nitrogens with zero attached hydrogens (tertiary/aromatic N) is 1. The maximum atomic E-state index is 10.6. The predicted octanol–water partition coefficient (Wildman–Crippen LogP) is 7.86. The molecule has 0 aliphatic carbocycles. The smallest absolute Gasteiger partial charge is 0.166 e. The van der Waals surface area contributed by atoms with Gasteiger partial charge in [0.2, 0.25) is 0 Å². The first-order valence-corrected chi connectivity index (χ1v) is 11.7. The fourth-order valence-electron chi connectivity index (χ4n) is 3.46. The van der Waals surface area contributed by atoms with E-state index in [1.165, 1.54) is 69.9 Å². The van der Waals surface area contributed by atoms with Gasteiger partial charge in [-0.05, 0) is 63.5 Å². The fourth-order valence-corrected chi connectivity index (χ4v) is 3.46. The zero-order chi connectivity index (χ0) is 20.8. The Hall–Kier alpha value is -2.08. The molecule has 0 saturated carbocycles. The summed E-state index contributed by atoms with van der Waals surface area (Å²) in [4.78, 5) is 13.8. The van der Waals surface area contributed by atoms with E-state index in [2.05, 4.69) is 35.4 Å². The van der Waals surface area contributed by atoms with Crippen molar-refractivity contribution < 1.29 is 4.79 Å². The number of hydrogen-bond acceptors (Lipinski definition) is 2. The monoisotopic (exact) mass is 396 g/mol. The van der Waals surface area contributed by atoms with Gasteiger partial charge in [0.1, 0.15) is 0 Å². The van der Waals surface area contributed by atoms with Crippen molar-refractivity contribution in [3.63, 3.8) is 0 Å². The largest absolute Gasteiger partial charge is 0.356 e. The SMILES string of the molecule is N#CCCCC/C=C\C/C=C\CCCCCCCCCCCc1ccc(C=O)[nH]1. The minimum absolute atomic E-state index is 0.687. The maximum Gasteiger partial charge on any atom is 0.166 e. The van der Waals surface area contributed by atoms with Crippen LogP contribution in [0.4, 0.5) is 0 Å².